The molecule has 0 aliphatic heterocycles. The lowest BCUT2D eigenvalue weighted by atomic mass is 9.97. The Hall–Kier alpha value is -1.16. The molecule has 1 atom stereocenters. The van der Waals surface area contributed by atoms with Crippen LogP contribution in [0.15, 0.2) is 18.2 Å². The third kappa shape index (κ3) is 3.40. The van der Waals surface area contributed by atoms with E-state index in [0.29, 0.717) is 0 Å². The molecule has 0 N–H and O–H groups in total. The Balaban J connectivity index is 3.07. The summed E-state index contributed by atoms with van der Waals surface area (Å²) in [5.41, 5.74) is 2.74. The lowest BCUT2D eigenvalue weighted by Crippen LogP contribution is -2.09. The molecule has 0 saturated heterocycles. The second-order valence-electron chi connectivity index (χ2n) is 3.86. The first-order valence-corrected chi connectivity index (χ1v) is 6.18. The maximum atomic E-state index is 11.3. The molecule has 17 heavy (non-hydrogen) atoms. The Kier molecular flexibility index (Phi) is 4.87. The average Bonchev–Trinajstić information content (AvgIpc) is 2.30. The molecule has 4 heteroatoms. The number of benzene rings is 1. The zero-order valence-corrected chi connectivity index (χ0v) is 11.7. The highest BCUT2D eigenvalue weighted by Crippen LogP contribution is 2.28. The number of carbonyl (C=O) groups excluding carboxylic acids is 2. The first-order valence-electron chi connectivity index (χ1n) is 5.27. The molecule has 0 aliphatic carbocycles. The quantitative estimate of drug-likeness (QED) is 0.634. The van der Waals surface area contributed by atoms with Gasteiger partial charge in [-0.25, -0.2) is 0 Å². The van der Waals surface area contributed by atoms with E-state index in [1.807, 2.05) is 25.1 Å². The Bertz CT molecular complexity index is 440. The SMILES string of the molecule is COC(=O)Cc1cccc(C(Br)C(C)=O)c1C. The predicted molar refractivity (Wildman–Crippen MR) is 69.2 cm³/mol. The van der Waals surface area contributed by atoms with Crippen LogP contribution in [0.3, 0.4) is 0 Å². The molecule has 0 heterocycles. The summed E-state index contributed by atoms with van der Waals surface area (Å²) in [7, 11) is 1.37. The molecule has 0 bridgehead atoms. The van der Waals surface area contributed by atoms with Crippen LogP contribution < -0.4 is 0 Å². The smallest absolute Gasteiger partial charge is 0.309 e. The summed E-state index contributed by atoms with van der Waals surface area (Å²) in [6.07, 6.45) is 0.230. The van der Waals surface area contributed by atoms with Gasteiger partial charge in [0.15, 0.2) is 0 Å². The van der Waals surface area contributed by atoms with Crippen LogP contribution >= 0.6 is 15.9 Å². The molecule has 0 amide bonds. The van der Waals surface area contributed by atoms with Crippen molar-refractivity contribution in [1.82, 2.24) is 0 Å². The van der Waals surface area contributed by atoms with E-state index >= 15 is 0 Å². The number of ether oxygens (including phenoxy) is 1. The first-order chi connectivity index (χ1) is 7.97. The van der Waals surface area contributed by atoms with Crippen molar-refractivity contribution < 1.29 is 14.3 Å². The van der Waals surface area contributed by atoms with Crippen molar-refractivity contribution in [3.8, 4) is 0 Å². The van der Waals surface area contributed by atoms with Crippen LogP contribution in [0.2, 0.25) is 0 Å². The fourth-order valence-electron chi connectivity index (χ4n) is 1.62. The number of methoxy groups -OCH3 is 1. The van der Waals surface area contributed by atoms with E-state index in [1.54, 1.807) is 0 Å². The summed E-state index contributed by atoms with van der Waals surface area (Å²) in [4.78, 5) is 22.3. The Labute approximate surface area is 109 Å². The molecule has 1 unspecified atom stereocenters. The van der Waals surface area contributed by atoms with Gasteiger partial charge in [-0.15, -0.1) is 0 Å². The van der Waals surface area contributed by atoms with Crippen molar-refractivity contribution in [2.75, 3.05) is 7.11 Å². The fraction of sp³-hybridized carbons (Fsp3) is 0.385. The minimum Gasteiger partial charge on any atom is -0.469 e. The van der Waals surface area contributed by atoms with Gasteiger partial charge in [0, 0.05) is 0 Å². The minimum atomic E-state index is -0.319. The summed E-state index contributed by atoms with van der Waals surface area (Å²) in [6.45, 7) is 3.44. The molecule has 3 nitrogen and oxygen atoms in total. The second-order valence-corrected chi connectivity index (χ2v) is 4.77. The largest absolute Gasteiger partial charge is 0.469 e. The van der Waals surface area contributed by atoms with E-state index in [4.69, 9.17) is 0 Å². The topological polar surface area (TPSA) is 43.4 Å². The average molecular weight is 299 g/mol. The van der Waals surface area contributed by atoms with Gasteiger partial charge in [-0.1, -0.05) is 34.1 Å². The van der Waals surface area contributed by atoms with E-state index in [1.165, 1.54) is 14.0 Å². The third-order valence-corrected chi connectivity index (χ3v) is 3.82. The van der Waals surface area contributed by atoms with Crippen molar-refractivity contribution in [2.45, 2.75) is 25.1 Å². The highest BCUT2D eigenvalue weighted by molar-refractivity contribution is 9.09. The molecule has 0 fully saturated rings. The molecular formula is C13H15BrO3. The monoisotopic (exact) mass is 298 g/mol. The van der Waals surface area contributed by atoms with Crippen LogP contribution in [0.5, 0.6) is 0 Å². The number of carbonyl (C=O) groups is 2. The summed E-state index contributed by atoms with van der Waals surface area (Å²) < 4.78 is 4.64. The van der Waals surface area contributed by atoms with Crippen LogP contribution in [0.1, 0.15) is 28.4 Å². The van der Waals surface area contributed by atoms with Crippen molar-refractivity contribution in [2.24, 2.45) is 0 Å². The Morgan fingerprint density at radius 2 is 2.06 bits per heavy atom. The molecular weight excluding hydrogens is 284 g/mol. The molecule has 1 rings (SSSR count). The van der Waals surface area contributed by atoms with Crippen molar-refractivity contribution >= 4 is 27.7 Å². The number of hydrogen-bond donors (Lipinski definition) is 0. The van der Waals surface area contributed by atoms with E-state index in [-0.39, 0.29) is 23.0 Å². The Morgan fingerprint density at radius 3 is 2.59 bits per heavy atom. The molecule has 0 aliphatic rings. The lowest BCUT2D eigenvalue weighted by Gasteiger charge is -2.13. The number of hydrogen-bond acceptors (Lipinski definition) is 3. The molecule has 0 spiro atoms. The summed E-state index contributed by atoms with van der Waals surface area (Å²) in [5.74, 6) is -0.234. The summed E-state index contributed by atoms with van der Waals surface area (Å²) in [5, 5.41) is 0. The molecule has 0 saturated carbocycles. The number of Topliss-reactive ketones (excluding diaryl/α,β-unsaturated/α-hetero) is 1. The van der Waals surface area contributed by atoms with Crippen LogP contribution in [0.25, 0.3) is 0 Å². The van der Waals surface area contributed by atoms with E-state index < -0.39 is 0 Å². The standard InChI is InChI=1S/C13H15BrO3/c1-8-10(7-12(16)17-3)5-4-6-11(8)13(14)9(2)15/h4-6,13H,7H2,1-3H3. The van der Waals surface area contributed by atoms with Gasteiger partial charge in [0.05, 0.1) is 18.4 Å². The lowest BCUT2D eigenvalue weighted by molar-refractivity contribution is -0.139. The predicted octanol–water partition coefficient (Wildman–Crippen LogP) is 2.74. The van der Waals surface area contributed by atoms with Gasteiger partial charge in [-0.3, -0.25) is 9.59 Å². The molecule has 0 radical (unpaired) electrons. The molecule has 0 aromatic heterocycles. The van der Waals surface area contributed by atoms with Crippen LogP contribution in [0.4, 0.5) is 0 Å². The van der Waals surface area contributed by atoms with Gasteiger partial charge in [0.1, 0.15) is 5.78 Å². The van der Waals surface area contributed by atoms with E-state index in [2.05, 4.69) is 20.7 Å². The molecule has 1 aromatic carbocycles. The van der Waals surface area contributed by atoms with Gasteiger partial charge in [0.25, 0.3) is 0 Å². The van der Waals surface area contributed by atoms with Crippen LogP contribution in [0, 0.1) is 6.92 Å². The second kappa shape index (κ2) is 5.96. The van der Waals surface area contributed by atoms with Crippen molar-refractivity contribution in [3.63, 3.8) is 0 Å². The third-order valence-electron chi connectivity index (χ3n) is 2.68. The highest BCUT2D eigenvalue weighted by Gasteiger charge is 2.17. The maximum absolute atomic E-state index is 11.3. The number of rotatable bonds is 4. The zero-order chi connectivity index (χ0) is 13.0. The molecule has 1 aromatic rings. The zero-order valence-electron chi connectivity index (χ0n) is 10.1. The van der Waals surface area contributed by atoms with Crippen LogP contribution in [-0.2, 0) is 20.7 Å². The van der Waals surface area contributed by atoms with Crippen molar-refractivity contribution in [3.05, 3.63) is 34.9 Å². The Morgan fingerprint density at radius 1 is 1.41 bits per heavy atom. The van der Waals surface area contributed by atoms with Gasteiger partial charge in [-0.05, 0) is 30.5 Å². The maximum Gasteiger partial charge on any atom is 0.309 e. The van der Waals surface area contributed by atoms with Crippen molar-refractivity contribution in [1.29, 1.82) is 0 Å². The van der Waals surface area contributed by atoms with Gasteiger partial charge in [0.2, 0.25) is 0 Å². The summed E-state index contributed by atoms with van der Waals surface area (Å²) >= 11 is 3.35. The normalized spacial score (nSPS) is 12.0. The molecule has 92 valence electrons. The first kappa shape index (κ1) is 13.9. The van der Waals surface area contributed by atoms with E-state index in [0.717, 1.165) is 16.7 Å². The van der Waals surface area contributed by atoms with E-state index in [9.17, 15) is 9.59 Å². The van der Waals surface area contributed by atoms with Gasteiger partial charge in [-0.2, -0.15) is 0 Å². The number of esters is 1. The van der Waals surface area contributed by atoms with Gasteiger partial charge < -0.3 is 4.74 Å². The number of ketones is 1. The van der Waals surface area contributed by atoms with Crippen LogP contribution in [-0.4, -0.2) is 18.9 Å². The number of halogens is 1. The number of alkyl halides is 1. The fourth-order valence-corrected chi connectivity index (χ4v) is 2.11. The minimum absolute atomic E-state index is 0.0447. The highest BCUT2D eigenvalue weighted by atomic mass is 79.9. The van der Waals surface area contributed by atoms with Gasteiger partial charge >= 0.3 is 5.97 Å². The summed E-state index contributed by atoms with van der Waals surface area (Å²) in [6, 6.07) is 5.60.